The number of pyridine rings is 1. The van der Waals surface area contributed by atoms with Gasteiger partial charge >= 0.3 is 0 Å². The minimum atomic E-state index is 0.110. The molecule has 5 nitrogen and oxygen atoms in total. The largest absolute Gasteiger partial charge is 0.355 e. The van der Waals surface area contributed by atoms with Gasteiger partial charge in [-0.3, -0.25) is 19.6 Å². The molecule has 0 aliphatic carbocycles. The lowest BCUT2D eigenvalue weighted by Crippen LogP contribution is -2.58. The summed E-state index contributed by atoms with van der Waals surface area (Å²) in [5.41, 5.74) is 1.18. The fourth-order valence-electron chi connectivity index (χ4n) is 2.76. The fourth-order valence-corrected chi connectivity index (χ4v) is 2.76. The van der Waals surface area contributed by atoms with Crippen molar-refractivity contribution < 1.29 is 4.79 Å². The van der Waals surface area contributed by atoms with E-state index < -0.39 is 0 Å². The lowest BCUT2D eigenvalue weighted by Gasteiger charge is -2.45. The molecule has 1 saturated heterocycles. The van der Waals surface area contributed by atoms with E-state index in [4.69, 9.17) is 0 Å². The third-order valence-electron chi connectivity index (χ3n) is 4.48. The molecule has 2 rings (SSSR count). The Balaban J connectivity index is 1.63. The Hall–Kier alpha value is -1.46. The average Bonchev–Trinajstić information content (AvgIpc) is 2.49. The summed E-state index contributed by atoms with van der Waals surface area (Å²) in [5, 5.41) is 3.02. The Labute approximate surface area is 133 Å². The molecule has 0 radical (unpaired) electrons. The van der Waals surface area contributed by atoms with Crippen LogP contribution >= 0.6 is 0 Å². The van der Waals surface area contributed by atoms with Gasteiger partial charge in [0.25, 0.3) is 0 Å². The molecule has 5 heteroatoms. The Kier molecular flexibility index (Phi) is 5.91. The lowest BCUT2D eigenvalue weighted by molar-refractivity contribution is -0.121. The Morgan fingerprint density at radius 1 is 1.36 bits per heavy atom. The van der Waals surface area contributed by atoms with Crippen LogP contribution in [-0.4, -0.2) is 66.0 Å². The van der Waals surface area contributed by atoms with Gasteiger partial charge in [-0.1, -0.05) is 6.07 Å². The summed E-state index contributed by atoms with van der Waals surface area (Å²) in [4.78, 5) is 20.9. The second-order valence-electron chi connectivity index (χ2n) is 6.68. The number of amides is 1. The van der Waals surface area contributed by atoms with Crippen molar-refractivity contribution in [2.75, 3.05) is 39.8 Å². The number of aromatic nitrogens is 1. The van der Waals surface area contributed by atoms with Crippen LogP contribution in [0.15, 0.2) is 24.4 Å². The highest BCUT2D eigenvalue weighted by molar-refractivity contribution is 5.76. The van der Waals surface area contributed by atoms with Gasteiger partial charge < -0.3 is 5.32 Å². The molecule has 122 valence electrons. The number of nitrogens with one attached hydrogen (secondary N) is 1. The number of carbonyl (C=O) groups excluding carboxylic acids is 1. The van der Waals surface area contributed by atoms with E-state index in [0.29, 0.717) is 12.8 Å². The maximum atomic E-state index is 11.9. The topological polar surface area (TPSA) is 48.5 Å². The zero-order chi connectivity index (χ0) is 16.0. The number of likely N-dealkylation sites (N-methyl/N-ethyl adjacent to an activating group) is 1. The van der Waals surface area contributed by atoms with Gasteiger partial charge in [0.15, 0.2) is 0 Å². The Morgan fingerprint density at radius 3 is 2.86 bits per heavy atom. The van der Waals surface area contributed by atoms with Crippen LogP contribution < -0.4 is 5.32 Å². The number of rotatable bonds is 6. The second-order valence-corrected chi connectivity index (χ2v) is 6.68. The molecule has 2 heterocycles. The third-order valence-corrected chi connectivity index (χ3v) is 4.48. The molecule has 22 heavy (non-hydrogen) atoms. The number of hydrogen-bond donors (Lipinski definition) is 1. The van der Waals surface area contributed by atoms with E-state index in [-0.39, 0.29) is 11.4 Å². The summed E-state index contributed by atoms with van der Waals surface area (Å²) in [5.74, 6) is 0.110. The average molecular weight is 304 g/mol. The summed E-state index contributed by atoms with van der Waals surface area (Å²) in [6.45, 7) is 9.39. The summed E-state index contributed by atoms with van der Waals surface area (Å²) in [6, 6.07) is 5.80. The quantitative estimate of drug-likeness (QED) is 0.857. The first-order chi connectivity index (χ1) is 10.5. The number of hydrogen-bond acceptors (Lipinski definition) is 4. The molecule has 1 aromatic rings. The van der Waals surface area contributed by atoms with Gasteiger partial charge in [-0.15, -0.1) is 0 Å². The predicted molar refractivity (Wildman–Crippen MR) is 88.7 cm³/mol. The molecule has 1 aromatic heterocycles. The van der Waals surface area contributed by atoms with Gasteiger partial charge in [-0.05, 0) is 39.4 Å². The van der Waals surface area contributed by atoms with Crippen LogP contribution in [0.1, 0.15) is 26.0 Å². The number of nitrogens with zero attached hydrogens (tertiary/aromatic N) is 3. The van der Waals surface area contributed by atoms with Gasteiger partial charge in [0.05, 0.1) is 0 Å². The summed E-state index contributed by atoms with van der Waals surface area (Å²) in [6.07, 6.45) is 2.97. The van der Waals surface area contributed by atoms with Crippen LogP contribution in [0, 0.1) is 0 Å². The third kappa shape index (κ3) is 5.07. The molecule has 0 spiro atoms. The van der Waals surface area contributed by atoms with Crippen molar-refractivity contribution >= 4 is 5.91 Å². The van der Waals surface area contributed by atoms with Crippen LogP contribution in [0.3, 0.4) is 0 Å². The molecular weight excluding hydrogens is 276 g/mol. The number of aryl methyl sites for hydroxylation is 1. The Morgan fingerprint density at radius 2 is 2.18 bits per heavy atom. The molecule has 1 amide bonds. The maximum absolute atomic E-state index is 11.9. The first kappa shape index (κ1) is 16.9. The van der Waals surface area contributed by atoms with Crippen LogP contribution in [0.2, 0.25) is 0 Å². The van der Waals surface area contributed by atoms with Crippen molar-refractivity contribution in [3.05, 3.63) is 30.1 Å². The summed E-state index contributed by atoms with van der Waals surface area (Å²) < 4.78 is 0. The highest BCUT2D eigenvalue weighted by Gasteiger charge is 2.30. The van der Waals surface area contributed by atoms with Crippen molar-refractivity contribution in [3.8, 4) is 0 Å². The molecule has 1 aliphatic heterocycles. The van der Waals surface area contributed by atoms with E-state index in [2.05, 4.69) is 41.0 Å². The van der Waals surface area contributed by atoms with E-state index in [1.165, 1.54) is 0 Å². The van der Waals surface area contributed by atoms with Gasteiger partial charge in [0, 0.05) is 56.6 Å². The van der Waals surface area contributed by atoms with E-state index in [9.17, 15) is 4.79 Å². The summed E-state index contributed by atoms with van der Waals surface area (Å²) in [7, 11) is 2.18. The minimum Gasteiger partial charge on any atom is -0.355 e. The molecule has 0 aromatic carbocycles. The summed E-state index contributed by atoms with van der Waals surface area (Å²) >= 11 is 0. The molecule has 1 N–H and O–H groups in total. The first-order valence-corrected chi connectivity index (χ1v) is 8.07. The zero-order valence-electron chi connectivity index (χ0n) is 14.0. The van der Waals surface area contributed by atoms with Gasteiger partial charge in [0.1, 0.15) is 0 Å². The van der Waals surface area contributed by atoms with Gasteiger partial charge in [-0.2, -0.15) is 0 Å². The van der Waals surface area contributed by atoms with Crippen LogP contribution in [0.4, 0.5) is 0 Å². The van der Waals surface area contributed by atoms with Crippen LogP contribution in [-0.2, 0) is 11.2 Å². The lowest BCUT2D eigenvalue weighted by atomic mass is 10.00. The zero-order valence-corrected chi connectivity index (χ0v) is 14.0. The standard InChI is InChI=1S/C17H28N4O/c1-17(2)14-21(13-12-20(17)3)11-10-19-16(22)8-7-15-6-4-5-9-18-15/h4-6,9H,7-8,10-14H2,1-3H3,(H,19,22). The monoisotopic (exact) mass is 304 g/mol. The van der Waals surface area contributed by atoms with E-state index in [1.54, 1.807) is 6.20 Å². The van der Waals surface area contributed by atoms with Crippen LogP contribution in [0.25, 0.3) is 0 Å². The normalized spacial score (nSPS) is 19.0. The van der Waals surface area contributed by atoms with E-state index >= 15 is 0 Å². The van der Waals surface area contributed by atoms with Crippen molar-refractivity contribution in [2.24, 2.45) is 0 Å². The highest BCUT2D eigenvalue weighted by atomic mass is 16.1. The minimum absolute atomic E-state index is 0.110. The Bertz CT molecular complexity index is 475. The van der Waals surface area contributed by atoms with E-state index in [0.717, 1.165) is 38.4 Å². The maximum Gasteiger partial charge on any atom is 0.220 e. The first-order valence-electron chi connectivity index (χ1n) is 8.07. The number of piperazine rings is 1. The van der Waals surface area contributed by atoms with Gasteiger partial charge in [0.2, 0.25) is 5.91 Å². The molecule has 0 bridgehead atoms. The molecule has 0 atom stereocenters. The van der Waals surface area contributed by atoms with Crippen LogP contribution in [0.5, 0.6) is 0 Å². The van der Waals surface area contributed by atoms with Crippen molar-refractivity contribution in [1.82, 2.24) is 20.1 Å². The van der Waals surface area contributed by atoms with Crippen molar-refractivity contribution in [3.63, 3.8) is 0 Å². The smallest absolute Gasteiger partial charge is 0.220 e. The second kappa shape index (κ2) is 7.70. The number of carbonyl (C=O) groups is 1. The molecule has 1 fully saturated rings. The van der Waals surface area contributed by atoms with Gasteiger partial charge in [-0.25, -0.2) is 0 Å². The molecular formula is C17H28N4O. The molecule has 1 aliphatic rings. The predicted octanol–water partition coefficient (Wildman–Crippen LogP) is 1.16. The van der Waals surface area contributed by atoms with E-state index in [1.807, 2.05) is 18.2 Å². The SMILES string of the molecule is CN1CCN(CCNC(=O)CCc2ccccn2)CC1(C)C. The molecule has 0 saturated carbocycles. The van der Waals surface area contributed by atoms with Crippen molar-refractivity contribution in [1.29, 1.82) is 0 Å². The van der Waals surface area contributed by atoms with Crippen molar-refractivity contribution in [2.45, 2.75) is 32.2 Å². The highest BCUT2D eigenvalue weighted by Crippen LogP contribution is 2.18. The fraction of sp³-hybridized carbons (Fsp3) is 0.647. The molecule has 0 unspecified atom stereocenters.